The first-order chi connectivity index (χ1) is 19.3. The molecule has 1 amide bonds. The maximum Gasteiger partial charge on any atom is 0.332 e. The Morgan fingerprint density at radius 3 is 2.65 bits per heavy atom. The fraction of sp³-hybridized carbons (Fsp3) is 0.345. The molecule has 7 rings (SSSR count). The van der Waals surface area contributed by atoms with Crippen molar-refractivity contribution in [2.75, 3.05) is 0 Å². The molecular formula is C29H28ClN7O3. The molecule has 0 aliphatic heterocycles. The molecule has 1 aromatic carbocycles. The number of pyridine rings is 1. The predicted octanol–water partition coefficient (Wildman–Crippen LogP) is 3.45. The fourth-order valence-electron chi connectivity index (χ4n) is 5.35. The van der Waals surface area contributed by atoms with Gasteiger partial charge in [0.25, 0.3) is 11.5 Å². The lowest BCUT2D eigenvalue weighted by Crippen LogP contribution is -2.38. The van der Waals surface area contributed by atoms with Gasteiger partial charge in [0.2, 0.25) is 0 Å². The highest BCUT2D eigenvalue weighted by atomic mass is 35.5. The summed E-state index contributed by atoms with van der Waals surface area (Å²) in [5.74, 6) is 0.249. The number of rotatable bonds is 7. The maximum absolute atomic E-state index is 13.7. The largest absolute Gasteiger partial charge is 0.349 e. The lowest BCUT2D eigenvalue weighted by molar-refractivity contribution is 0.0951. The van der Waals surface area contributed by atoms with E-state index in [0.717, 1.165) is 46.7 Å². The van der Waals surface area contributed by atoms with E-state index in [9.17, 15) is 14.4 Å². The summed E-state index contributed by atoms with van der Waals surface area (Å²) in [6.45, 7) is 0.814. The Kier molecular flexibility index (Phi) is 5.71. The van der Waals surface area contributed by atoms with Crippen LogP contribution in [0.15, 0.2) is 52.3 Å². The molecule has 2 saturated carbocycles. The van der Waals surface area contributed by atoms with Crippen LogP contribution >= 0.6 is 11.6 Å². The number of amides is 1. The zero-order valence-electron chi connectivity index (χ0n) is 22.2. The molecule has 204 valence electrons. The molecule has 40 heavy (non-hydrogen) atoms. The molecular weight excluding hydrogens is 530 g/mol. The van der Waals surface area contributed by atoms with E-state index in [4.69, 9.17) is 16.7 Å². The molecule has 2 fully saturated rings. The van der Waals surface area contributed by atoms with Crippen LogP contribution in [-0.2, 0) is 27.2 Å². The molecule has 2 aliphatic rings. The topological polar surface area (TPSA) is 109 Å². The number of nitrogens with zero attached hydrogens (tertiary/aromatic N) is 6. The highest BCUT2D eigenvalue weighted by Crippen LogP contribution is 2.33. The van der Waals surface area contributed by atoms with Crippen molar-refractivity contribution in [3.63, 3.8) is 0 Å². The average Bonchev–Trinajstić information content (AvgIpc) is 3.86. The normalized spacial score (nSPS) is 15.3. The summed E-state index contributed by atoms with van der Waals surface area (Å²) >= 11 is 6.34. The number of hydrogen-bond donors (Lipinski definition) is 1. The molecule has 11 heteroatoms. The lowest BCUT2D eigenvalue weighted by atomic mass is 10.1. The molecule has 0 spiro atoms. The summed E-state index contributed by atoms with van der Waals surface area (Å²) in [6.07, 6.45) is 7.57. The molecule has 10 nitrogen and oxygen atoms in total. The molecule has 0 unspecified atom stereocenters. The van der Waals surface area contributed by atoms with Gasteiger partial charge in [-0.25, -0.2) is 4.79 Å². The van der Waals surface area contributed by atoms with E-state index in [-0.39, 0.29) is 17.6 Å². The number of aryl methyl sites for hydroxylation is 1. The van der Waals surface area contributed by atoms with Crippen LogP contribution < -0.4 is 16.6 Å². The van der Waals surface area contributed by atoms with Gasteiger partial charge >= 0.3 is 5.69 Å². The van der Waals surface area contributed by atoms with Gasteiger partial charge in [-0.3, -0.25) is 28.4 Å². The number of carbonyl (C=O) groups excluding carboxylic acids is 1. The number of benzene rings is 1. The third-order valence-electron chi connectivity index (χ3n) is 7.90. The van der Waals surface area contributed by atoms with Crippen LogP contribution in [0, 0.1) is 5.92 Å². The molecule has 5 aromatic rings. The van der Waals surface area contributed by atoms with Gasteiger partial charge < -0.3 is 9.88 Å². The van der Waals surface area contributed by atoms with Crippen LogP contribution in [0.4, 0.5) is 0 Å². The zero-order chi connectivity index (χ0) is 27.7. The summed E-state index contributed by atoms with van der Waals surface area (Å²) in [5.41, 5.74) is 2.99. The molecule has 4 aromatic heterocycles. The Bertz CT molecular complexity index is 1960. The quantitative estimate of drug-likeness (QED) is 0.330. The second-order valence-electron chi connectivity index (χ2n) is 11.0. The van der Waals surface area contributed by atoms with Crippen LogP contribution in [-0.4, -0.2) is 40.4 Å². The van der Waals surface area contributed by atoms with Crippen molar-refractivity contribution in [1.29, 1.82) is 0 Å². The number of aromatic nitrogens is 6. The zero-order valence-corrected chi connectivity index (χ0v) is 23.0. The van der Waals surface area contributed by atoms with Crippen LogP contribution in [0.5, 0.6) is 0 Å². The first kappa shape index (κ1) is 24.8. The van der Waals surface area contributed by atoms with Crippen molar-refractivity contribution in [3.05, 3.63) is 79.7 Å². The van der Waals surface area contributed by atoms with Gasteiger partial charge in [0, 0.05) is 49.5 Å². The van der Waals surface area contributed by atoms with Crippen LogP contribution in [0.2, 0.25) is 5.02 Å². The van der Waals surface area contributed by atoms with Crippen molar-refractivity contribution >= 4 is 39.4 Å². The van der Waals surface area contributed by atoms with E-state index in [1.54, 1.807) is 33.8 Å². The molecule has 1 N–H and O–H groups in total. The molecule has 2 aliphatic carbocycles. The van der Waals surface area contributed by atoms with E-state index in [0.29, 0.717) is 52.0 Å². The van der Waals surface area contributed by atoms with Crippen molar-refractivity contribution in [1.82, 2.24) is 33.8 Å². The molecule has 0 atom stereocenters. The summed E-state index contributed by atoms with van der Waals surface area (Å²) < 4.78 is 6.39. The van der Waals surface area contributed by atoms with Gasteiger partial charge in [-0.2, -0.15) is 5.10 Å². The Hall–Kier alpha value is -4.18. The monoisotopic (exact) mass is 557 g/mol. The van der Waals surface area contributed by atoms with E-state index in [1.807, 2.05) is 29.8 Å². The van der Waals surface area contributed by atoms with Gasteiger partial charge in [-0.05, 0) is 67.5 Å². The first-order valence-corrected chi connectivity index (χ1v) is 13.9. The van der Waals surface area contributed by atoms with Gasteiger partial charge in [0.15, 0.2) is 5.65 Å². The smallest absolute Gasteiger partial charge is 0.332 e. The van der Waals surface area contributed by atoms with Crippen molar-refractivity contribution < 1.29 is 4.79 Å². The Labute approximate surface area is 233 Å². The fourth-order valence-corrected chi connectivity index (χ4v) is 5.53. The molecule has 0 radical (unpaired) electrons. The van der Waals surface area contributed by atoms with Gasteiger partial charge in [0.05, 0.1) is 23.3 Å². The number of hydrogen-bond acceptors (Lipinski definition) is 5. The minimum atomic E-state index is -0.416. The highest BCUT2D eigenvalue weighted by Gasteiger charge is 2.29. The third kappa shape index (κ3) is 4.23. The lowest BCUT2D eigenvalue weighted by Gasteiger charge is -2.11. The van der Waals surface area contributed by atoms with Gasteiger partial charge in [-0.1, -0.05) is 11.6 Å². The Morgan fingerprint density at radius 1 is 1.10 bits per heavy atom. The number of halogens is 1. The van der Waals surface area contributed by atoms with Crippen molar-refractivity contribution in [2.24, 2.45) is 20.0 Å². The van der Waals surface area contributed by atoms with Crippen LogP contribution in [0.1, 0.15) is 41.6 Å². The minimum Gasteiger partial charge on any atom is -0.349 e. The summed E-state index contributed by atoms with van der Waals surface area (Å²) in [7, 11) is 3.35. The summed E-state index contributed by atoms with van der Waals surface area (Å²) in [6, 6.07) is 9.46. The maximum atomic E-state index is 13.7. The van der Waals surface area contributed by atoms with E-state index in [1.165, 1.54) is 7.05 Å². The second-order valence-corrected chi connectivity index (χ2v) is 11.4. The first-order valence-electron chi connectivity index (χ1n) is 13.5. The number of fused-ring (bicyclic) bond motifs is 2. The van der Waals surface area contributed by atoms with E-state index in [2.05, 4.69) is 10.3 Å². The van der Waals surface area contributed by atoms with Crippen molar-refractivity contribution in [3.8, 4) is 11.4 Å². The predicted molar refractivity (Wildman–Crippen MR) is 153 cm³/mol. The second kappa shape index (κ2) is 9.19. The van der Waals surface area contributed by atoms with Gasteiger partial charge in [-0.15, -0.1) is 0 Å². The standard InChI is InChI=1S/C29H28ClN7O3/c1-34-14-18(27(38)32-20-6-7-20)11-23(34)25-24-26(36(13-16-3-4-16)29(40)35(2)28(24)39)33-37(25)15-17-9-10-31-22-8-5-19(30)12-21(17)22/h5,8-12,14,16,20H,3-4,6-7,13,15H2,1-2H3,(H,32,38). The van der Waals surface area contributed by atoms with E-state index < -0.39 is 5.56 Å². The van der Waals surface area contributed by atoms with E-state index >= 15 is 0 Å². The third-order valence-corrected chi connectivity index (χ3v) is 8.14. The summed E-state index contributed by atoms with van der Waals surface area (Å²) in [4.78, 5) is 44.4. The molecule has 0 saturated heterocycles. The van der Waals surface area contributed by atoms with Crippen LogP contribution in [0.25, 0.3) is 33.3 Å². The average molecular weight is 558 g/mol. The summed E-state index contributed by atoms with van der Waals surface area (Å²) in [5, 5.41) is 9.77. The Balaban J connectivity index is 1.47. The van der Waals surface area contributed by atoms with Crippen LogP contribution in [0.3, 0.4) is 0 Å². The van der Waals surface area contributed by atoms with Gasteiger partial charge in [0.1, 0.15) is 11.1 Å². The SMILES string of the molecule is Cn1cc(C(=O)NC2CC2)cc1-c1c2c(=O)n(C)c(=O)n(CC3CC3)c2nn1Cc1ccnc2ccc(Cl)cc12. The number of nitrogens with one attached hydrogen (secondary N) is 1. The molecule has 0 bridgehead atoms. The highest BCUT2D eigenvalue weighted by molar-refractivity contribution is 6.31. The Morgan fingerprint density at radius 2 is 1.90 bits per heavy atom. The minimum absolute atomic E-state index is 0.145. The van der Waals surface area contributed by atoms with Crippen molar-refractivity contribution in [2.45, 2.75) is 44.8 Å². The number of carbonyl (C=O) groups is 1. The molecule has 4 heterocycles.